The Morgan fingerprint density at radius 2 is 1.28 bits per heavy atom. The van der Waals surface area contributed by atoms with Gasteiger partial charge < -0.3 is 36.8 Å². The SMILES string of the molecule is CC(C)[C@H](NC(=O)[C@H](Cc1ccccc1)NC(=O)[C@H](C)NC(=O)OCC1c2ccccc2-c2ccccc21)C(=O)N[C@@H](CCC(N)=O)C(=O)O. The second-order valence-electron chi connectivity index (χ2n) is 12.6. The summed E-state index contributed by atoms with van der Waals surface area (Å²) in [5.74, 6) is -4.88. The van der Waals surface area contributed by atoms with E-state index in [1.807, 2.05) is 48.5 Å². The van der Waals surface area contributed by atoms with E-state index >= 15 is 0 Å². The van der Waals surface area contributed by atoms with Crippen LogP contribution in [0.1, 0.15) is 56.2 Å². The van der Waals surface area contributed by atoms with Gasteiger partial charge in [-0.1, -0.05) is 92.7 Å². The van der Waals surface area contributed by atoms with E-state index < -0.39 is 65.8 Å². The molecule has 3 aromatic carbocycles. The van der Waals surface area contributed by atoms with Crippen molar-refractivity contribution < 1.29 is 38.6 Å². The Kier molecular flexibility index (Phi) is 12.7. The molecular formula is C37H43N5O8. The molecule has 13 heteroatoms. The smallest absolute Gasteiger partial charge is 0.407 e. The maximum absolute atomic E-state index is 13.6. The van der Waals surface area contributed by atoms with Crippen LogP contribution in [0, 0.1) is 5.92 Å². The predicted molar refractivity (Wildman–Crippen MR) is 185 cm³/mol. The summed E-state index contributed by atoms with van der Waals surface area (Å²) >= 11 is 0. The van der Waals surface area contributed by atoms with Crippen LogP contribution in [0.25, 0.3) is 11.1 Å². The third-order valence-electron chi connectivity index (χ3n) is 8.53. The number of rotatable bonds is 16. The number of carboxylic acid groups (broad SMARTS) is 1. The molecule has 7 N–H and O–H groups in total. The minimum Gasteiger partial charge on any atom is -0.480 e. The Morgan fingerprint density at radius 1 is 0.720 bits per heavy atom. The van der Waals surface area contributed by atoms with Gasteiger partial charge in [-0.15, -0.1) is 0 Å². The van der Waals surface area contributed by atoms with Crippen LogP contribution in [-0.2, 0) is 35.1 Å². The quantitative estimate of drug-likeness (QED) is 0.132. The van der Waals surface area contributed by atoms with Crippen LogP contribution in [0.2, 0.25) is 0 Å². The van der Waals surface area contributed by atoms with Crippen LogP contribution in [-0.4, -0.2) is 71.6 Å². The van der Waals surface area contributed by atoms with Gasteiger partial charge in [0.1, 0.15) is 30.8 Å². The molecule has 4 atom stereocenters. The summed E-state index contributed by atoms with van der Waals surface area (Å²) in [7, 11) is 0. The number of nitrogens with one attached hydrogen (secondary N) is 4. The molecule has 264 valence electrons. The molecule has 0 aromatic heterocycles. The van der Waals surface area contributed by atoms with E-state index in [0.29, 0.717) is 5.56 Å². The molecule has 0 bridgehead atoms. The number of amides is 5. The predicted octanol–water partition coefficient (Wildman–Crippen LogP) is 2.62. The fourth-order valence-electron chi connectivity index (χ4n) is 5.83. The number of carbonyl (C=O) groups excluding carboxylic acids is 5. The molecular weight excluding hydrogens is 642 g/mol. The Hall–Kier alpha value is -5.72. The lowest BCUT2D eigenvalue weighted by Gasteiger charge is -2.27. The van der Waals surface area contributed by atoms with Crippen LogP contribution in [0.5, 0.6) is 0 Å². The normalized spacial score (nSPS) is 14.2. The second-order valence-corrected chi connectivity index (χ2v) is 12.6. The molecule has 5 amide bonds. The first-order chi connectivity index (χ1) is 23.8. The molecule has 1 aliphatic carbocycles. The number of fused-ring (bicyclic) bond motifs is 3. The van der Waals surface area contributed by atoms with Gasteiger partial charge in [0.25, 0.3) is 0 Å². The summed E-state index contributed by atoms with van der Waals surface area (Å²) in [6.45, 7) is 4.83. The zero-order valence-electron chi connectivity index (χ0n) is 28.2. The fourth-order valence-corrected chi connectivity index (χ4v) is 5.83. The van der Waals surface area contributed by atoms with Crippen LogP contribution in [0.3, 0.4) is 0 Å². The first kappa shape index (κ1) is 37.1. The zero-order chi connectivity index (χ0) is 36.4. The highest BCUT2D eigenvalue weighted by atomic mass is 16.5. The molecule has 0 heterocycles. The lowest BCUT2D eigenvalue weighted by atomic mass is 9.98. The van der Waals surface area contributed by atoms with Gasteiger partial charge >= 0.3 is 12.1 Å². The summed E-state index contributed by atoms with van der Waals surface area (Å²) in [5, 5.41) is 19.7. The van der Waals surface area contributed by atoms with Crippen LogP contribution in [0.15, 0.2) is 78.9 Å². The molecule has 0 fully saturated rings. The lowest BCUT2D eigenvalue weighted by molar-refractivity contribution is -0.143. The van der Waals surface area contributed by atoms with Gasteiger partial charge in [0.2, 0.25) is 23.6 Å². The van der Waals surface area contributed by atoms with E-state index in [4.69, 9.17) is 10.5 Å². The Bertz CT molecular complexity index is 1670. The molecule has 0 saturated carbocycles. The maximum Gasteiger partial charge on any atom is 0.407 e. The van der Waals surface area contributed by atoms with Crippen molar-refractivity contribution in [1.82, 2.24) is 21.3 Å². The number of primary amides is 1. The van der Waals surface area contributed by atoms with E-state index in [0.717, 1.165) is 22.3 Å². The molecule has 13 nitrogen and oxygen atoms in total. The summed E-state index contributed by atoms with van der Waals surface area (Å²) in [6.07, 6.45) is -1.24. The third kappa shape index (κ3) is 9.68. The number of benzene rings is 3. The van der Waals surface area contributed by atoms with Gasteiger partial charge in [-0.05, 0) is 47.1 Å². The molecule has 0 radical (unpaired) electrons. The van der Waals surface area contributed by atoms with Gasteiger partial charge in [-0.25, -0.2) is 9.59 Å². The highest BCUT2D eigenvalue weighted by Crippen LogP contribution is 2.44. The summed E-state index contributed by atoms with van der Waals surface area (Å²) in [5.41, 5.74) is 10.1. The molecule has 0 unspecified atom stereocenters. The monoisotopic (exact) mass is 685 g/mol. The van der Waals surface area contributed by atoms with E-state index in [1.54, 1.807) is 44.2 Å². The van der Waals surface area contributed by atoms with Crippen molar-refractivity contribution in [2.75, 3.05) is 6.61 Å². The summed E-state index contributed by atoms with van der Waals surface area (Å²) in [6, 6.07) is 19.9. The van der Waals surface area contributed by atoms with Crippen LogP contribution >= 0.6 is 0 Å². The number of carbonyl (C=O) groups is 6. The van der Waals surface area contributed by atoms with Gasteiger partial charge in [0, 0.05) is 18.8 Å². The van der Waals surface area contributed by atoms with Gasteiger partial charge in [-0.2, -0.15) is 0 Å². The fraction of sp³-hybridized carbons (Fsp3) is 0.351. The Morgan fingerprint density at radius 3 is 1.84 bits per heavy atom. The van der Waals surface area contributed by atoms with Crippen molar-refractivity contribution in [3.63, 3.8) is 0 Å². The average Bonchev–Trinajstić information content (AvgIpc) is 3.41. The highest BCUT2D eigenvalue weighted by molar-refractivity contribution is 5.95. The number of nitrogens with two attached hydrogens (primary N) is 1. The number of carboxylic acids is 1. The van der Waals surface area contributed by atoms with Crippen molar-refractivity contribution in [1.29, 1.82) is 0 Å². The van der Waals surface area contributed by atoms with Crippen LogP contribution < -0.4 is 27.0 Å². The zero-order valence-corrected chi connectivity index (χ0v) is 28.2. The third-order valence-corrected chi connectivity index (χ3v) is 8.53. The lowest BCUT2D eigenvalue weighted by Crippen LogP contribution is -2.59. The second kappa shape index (κ2) is 17.1. The highest BCUT2D eigenvalue weighted by Gasteiger charge is 2.33. The molecule has 4 rings (SSSR count). The molecule has 3 aromatic rings. The standard InChI is InChI=1S/C37H43N5O8/c1-21(2)32(35(46)40-29(36(47)48)17-18-31(38)43)42-34(45)30(19-23-11-5-4-6-12-23)41-33(44)22(3)39-37(49)50-20-28-26-15-9-7-13-24(26)25-14-8-10-16-27(25)28/h4-16,21-22,28-30,32H,17-20H2,1-3H3,(H2,38,43)(H,39,49)(H,40,46)(H,41,44)(H,42,45)(H,47,48)/t22-,29-,30-,32-/m0/s1. The number of hydrogen-bond acceptors (Lipinski definition) is 7. The van der Waals surface area contributed by atoms with Crippen molar-refractivity contribution in [3.8, 4) is 11.1 Å². The average molecular weight is 686 g/mol. The minimum atomic E-state index is -1.40. The Labute approximate surface area is 290 Å². The topological polar surface area (TPSA) is 206 Å². The van der Waals surface area contributed by atoms with Crippen molar-refractivity contribution in [3.05, 3.63) is 95.6 Å². The van der Waals surface area contributed by atoms with Crippen molar-refractivity contribution in [2.45, 2.75) is 70.1 Å². The number of hydrogen-bond donors (Lipinski definition) is 6. The molecule has 1 aliphatic rings. The van der Waals surface area contributed by atoms with E-state index in [2.05, 4.69) is 21.3 Å². The van der Waals surface area contributed by atoms with Crippen molar-refractivity contribution >= 4 is 35.7 Å². The van der Waals surface area contributed by atoms with Crippen LogP contribution in [0.4, 0.5) is 4.79 Å². The van der Waals surface area contributed by atoms with Gasteiger partial charge in [0.15, 0.2) is 0 Å². The molecule has 0 saturated heterocycles. The number of ether oxygens (including phenoxy) is 1. The first-order valence-corrected chi connectivity index (χ1v) is 16.4. The number of alkyl carbamates (subject to hydrolysis) is 1. The van der Waals surface area contributed by atoms with Gasteiger partial charge in [0.05, 0.1) is 0 Å². The van der Waals surface area contributed by atoms with E-state index in [-0.39, 0.29) is 31.8 Å². The van der Waals surface area contributed by atoms with Crippen molar-refractivity contribution in [2.24, 2.45) is 11.7 Å². The minimum absolute atomic E-state index is 0.0527. The molecule has 0 spiro atoms. The molecule has 50 heavy (non-hydrogen) atoms. The van der Waals surface area contributed by atoms with Gasteiger partial charge in [-0.3, -0.25) is 19.2 Å². The Balaban J connectivity index is 1.40. The maximum atomic E-state index is 13.6. The van der Waals surface area contributed by atoms with E-state index in [9.17, 15) is 33.9 Å². The largest absolute Gasteiger partial charge is 0.480 e. The molecule has 0 aliphatic heterocycles. The number of aliphatic carboxylic acids is 1. The summed E-state index contributed by atoms with van der Waals surface area (Å²) < 4.78 is 5.57. The first-order valence-electron chi connectivity index (χ1n) is 16.4. The summed E-state index contributed by atoms with van der Waals surface area (Å²) in [4.78, 5) is 75.9. The van der Waals surface area contributed by atoms with E-state index in [1.165, 1.54) is 6.92 Å².